The van der Waals surface area contributed by atoms with Crippen LogP contribution in [0.3, 0.4) is 0 Å². The zero-order valence-electron chi connectivity index (χ0n) is 13.9. The lowest BCUT2D eigenvalue weighted by molar-refractivity contribution is -0.129. The van der Waals surface area contributed by atoms with Crippen LogP contribution >= 0.6 is 0 Å². The summed E-state index contributed by atoms with van der Waals surface area (Å²) in [5.74, 6) is 1.61. The maximum Gasteiger partial charge on any atom is 0.244 e. The van der Waals surface area contributed by atoms with Crippen molar-refractivity contribution in [3.63, 3.8) is 0 Å². The minimum absolute atomic E-state index is 0.140. The van der Waals surface area contributed by atoms with E-state index in [-0.39, 0.29) is 5.91 Å². The number of rotatable bonds is 3. The highest BCUT2D eigenvalue weighted by Crippen LogP contribution is 2.20. The lowest BCUT2D eigenvalue weighted by Gasteiger charge is -2.34. The maximum atomic E-state index is 11.4. The van der Waals surface area contributed by atoms with Crippen molar-refractivity contribution in [1.29, 1.82) is 0 Å². The topological polar surface area (TPSA) is 74.2 Å². The number of hydrogen-bond acceptors (Lipinski definition) is 6. The average Bonchev–Trinajstić information content (AvgIpc) is 2.84. The van der Waals surface area contributed by atoms with Gasteiger partial charge in [0.2, 0.25) is 11.9 Å². The number of piperazine rings is 1. The number of nitrogens with one attached hydrogen (secondary N) is 1. The van der Waals surface area contributed by atoms with E-state index in [0.717, 1.165) is 32.0 Å². The zero-order chi connectivity index (χ0) is 16.1. The Morgan fingerprint density at radius 3 is 2.48 bits per heavy atom. The summed E-state index contributed by atoms with van der Waals surface area (Å²) < 4.78 is 0. The molecule has 2 fully saturated rings. The highest BCUT2D eigenvalue weighted by atomic mass is 16.2. The van der Waals surface area contributed by atoms with Gasteiger partial charge in [0.1, 0.15) is 0 Å². The minimum Gasteiger partial charge on any atom is -0.352 e. The van der Waals surface area contributed by atoms with E-state index in [4.69, 9.17) is 0 Å². The summed E-state index contributed by atoms with van der Waals surface area (Å²) in [6, 6.07) is 0.462. The smallest absolute Gasteiger partial charge is 0.244 e. The first-order chi connectivity index (χ1) is 11.2. The van der Waals surface area contributed by atoms with Gasteiger partial charge in [0.25, 0.3) is 0 Å². The number of carbonyl (C=O) groups is 1. The molecule has 0 spiro atoms. The van der Waals surface area contributed by atoms with Crippen LogP contribution in [0.1, 0.15) is 45.4 Å². The molecule has 1 aromatic rings. The fourth-order valence-corrected chi connectivity index (χ4v) is 3.37. The molecule has 1 saturated carbocycles. The van der Waals surface area contributed by atoms with Gasteiger partial charge in [-0.05, 0) is 12.8 Å². The van der Waals surface area contributed by atoms with Gasteiger partial charge in [-0.1, -0.05) is 25.7 Å². The van der Waals surface area contributed by atoms with Crippen LogP contribution in [0, 0.1) is 0 Å². The number of anilines is 2. The van der Waals surface area contributed by atoms with Crippen LogP contribution in [0.15, 0.2) is 6.20 Å². The van der Waals surface area contributed by atoms with Gasteiger partial charge in [0.15, 0.2) is 5.82 Å². The molecule has 1 aliphatic carbocycles. The van der Waals surface area contributed by atoms with Crippen LogP contribution in [0.2, 0.25) is 0 Å². The standard InChI is InChI=1S/C16H26N6O/c1-13(23)21-8-10-22(11-9-21)15-12-17-20-16(19-15)18-14-6-4-2-3-5-7-14/h12,14H,2-11H2,1H3,(H,18,19,20). The maximum absolute atomic E-state index is 11.4. The van der Waals surface area contributed by atoms with Crippen LogP contribution in [-0.4, -0.2) is 58.2 Å². The summed E-state index contributed by atoms with van der Waals surface area (Å²) in [5, 5.41) is 11.7. The Bertz CT molecular complexity index is 521. The zero-order valence-corrected chi connectivity index (χ0v) is 13.9. The van der Waals surface area contributed by atoms with Crippen molar-refractivity contribution in [1.82, 2.24) is 20.1 Å². The Morgan fingerprint density at radius 2 is 1.83 bits per heavy atom. The molecule has 0 bridgehead atoms. The van der Waals surface area contributed by atoms with E-state index >= 15 is 0 Å². The summed E-state index contributed by atoms with van der Waals surface area (Å²) in [6.07, 6.45) is 9.29. The molecule has 1 N–H and O–H groups in total. The molecular formula is C16H26N6O. The van der Waals surface area contributed by atoms with Crippen LogP contribution in [0.25, 0.3) is 0 Å². The SMILES string of the molecule is CC(=O)N1CCN(c2cnnc(NC3CCCCCC3)n2)CC1. The lowest BCUT2D eigenvalue weighted by atomic mass is 10.1. The van der Waals surface area contributed by atoms with Crippen molar-refractivity contribution >= 4 is 17.7 Å². The second-order valence-corrected chi connectivity index (χ2v) is 6.46. The quantitative estimate of drug-likeness (QED) is 0.855. The molecule has 0 aromatic carbocycles. The summed E-state index contributed by atoms with van der Waals surface area (Å²) in [4.78, 5) is 20.1. The molecule has 2 heterocycles. The molecule has 1 amide bonds. The Labute approximate surface area is 137 Å². The molecule has 0 atom stereocenters. The van der Waals surface area contributed by atoms with Crippen molar-refractivity contribution in [2.24, 2.45) is 0 Å². The Kier molecular flexibility index (Phi) is 5.25. The van der Waals surface area contributed by atoms with E-state index in [2.05, 4.69) is 25.4 Å². The van der Waals surface area contributed by atoms with Gasteiger partial charge in [-0.25, -0.2) is 0 Å². The molecule has 23 heavy (non-hydrogen) atoms. The molecule has 126 valence electrons. The average molecular weight is 318 g/mol. The minimum atomic E-state index is 0.140. The fourth-order valence-electron chi connectivity index (χ4n) is 3.37. The first-order valence-corrected chi connectivity index (χ1v) is 8.69. The Balaban J connectivity index is 1.60. The summed E-state index contributed by atoms with van der Waals surface area (Å²) in [6.45, 7) is 4.69. The molecule has 3 rings (SSSR count). The van der Waals surface area contributed by atoms with Gasteiger partial charge >= 0.3 is 0 Å². The summed E-state index contributed by atoms with van der Waals surface area (Å²) in [5.41, 5.74) is 0. The molecule has 0 radical (unpaired) electrons. The van der Waals surface area contributed by atoms with Gasteiger partial charge in [-0.3, -0.25) is 4.79 Å². The van der Waals surface area contributed by atoms with Crippen LogP contribution in [0.5, 0.6) is 0 Å². The summed E-state index contributed by atoms with van der Waals surface area (Å²) in [7, 11) is 0. The van der Waals surface area contributed by atoms with E-state index in [0.29, 0.717) is 12.0 Å². The highest BCUT2D eigenvalue weighted by molar-refractivity contribution is 5.73. The van der Waals surface area contributed by atoms with Crippen molar-refractivity contribution in [3.8, 4) is 0 Å². The van der Waals surface area contributed by atoms with Gasteiger partial charge in [-0.15, -0.1) is 5.10 Å². The number of hydrogen-bond donors (Lipinski definition) is 1. The van der Waals surface area contributed by atoms with Crippen molar-refractivity contribution in [2.75, 3.05) is 36.4 Å². The van der Waals surface area contributed by atoms with Gasteiger partial charge in [0, 0.05) is 39.1 Å². The second-order valence-electron chi connectivity index (χ2n) is 6.46. The van der Waals surface area contributed by atoms with Crippen LogP contribution in [0.4, 0.5) is 11.8 Å². The van der Waals surface area contributed by atoms with Crippen LogP contribution < -0.4 is 10.2 Å². The predicted molar refractivity (Wildman–Crippen MR) is 89.4 cm³/mol. The fraction of sp³-hybridized carbons (Fsp3) is 0.750. The lowest BCUT2D eigenvalue weighted by Crippen LogP contribution is -2.48. The molecule has 1 aliphatic heterocycles. The molecule has 1 aromatic heterocycles. The number of amides is 1. The van der Waals surface area contributed by atoms with Crippen molar-refractivity contribution in [3.05, 3.63) is 6.20 Å². The van der Waals surface area contributed by atoms with Crippen molar-refractivity contribution < 1.29 is 4.79 Å². The Hall–Kier alpha value is -1.92. The van der Waals surface area contributed by atoms with Crippen LogP contribution in [-0.2, 0) is 4.79 Å². The number of carbonyl (C=O) groups excluding carboxylic acids is 1. The number of nitrogens with zero attached hydrogens (tertiary/aromatic N) is 5. The van der Waals surface area contributed by atoms with E-state index in [9.17, 15) is 4.79 Å². The van der Waals surface area contributed by atoms with Crippen molar-refractivity contribution in [2.45, 2.75) is 51.5 Å². The van der Waals surface area contributed by atoms with Gasteiger partial charge in [0.05, 0.1) is 6.20 Å². The van der Waals surface area contributed by atoms with E-state index in [1.54, 1.807) is 13.1 Å². The predicted octanol–water partition coefficient (Wildman–Crippen LogP) is 1.67. The van der Waals surface area contributed by atoms with Gasteiger partial charge < -0.3 is 15.1 Å². The Morgan fingerprint density at radius 1 is 1.13 bits per heavy atom. The number of aromatic nitrogens is 3. The summed E-state index contributed by atoms with van der Waals surface area (Å²) >= 11 is 0. The third-order valence-electron chi connectivity index (χ3n) is 4.78. The van der Waals surface area contributed by atoms with E-state index < -0.39 is 0 Å². The normalized spacial score (nSPS) is 20.2. The first-order valence-electron chi connectivity index (χ1n) is 8.69. The van der Waals surface area contributed by atoms with E-state index in [1.165, 1.54) is 38.5 Å². The molecular weight excluding hydrogens is 292 g/mol. The molecule has 1 saturated heterocycles. The largest absolute Gasteiger partial charge is 0.352 e. The molecule has 7 nitrogen and oxygen atoms in total. The highest BCUT2D eigenvalue weighted by Gasteiger charge is 2.20. The van der Waals surface area contributed by atoms with E-state index in [1.807, 2.05) is 4.90 Å². The third kappa shape index (κ3) is 4.30. The third-order valence-corrected chi connectivity index (χ3v) is 4.78. The molecule has 7 heteroatoms. The first kappa shape index (κ1) is 16.0. The second kappa shape index (κ2) is 7.57. The molecule has 0 unspecified atom stereocenters. The van der Waals surface area contributed by atoms with Gasteiger partial charge in [-0.2, -0.15) is 10.1 Å². The molecule has 2 aliphatic rings. The monoisotopic (exact) mass is 318 g/mol.